The molecule has 0 saturated carbocycles. The van der Waals surface area contributed by atoms with Gasteiger partial charge in [0, 0.05) is 23.0 Å². The molecule has 1 amide bonds. The van der Waals surface area contributed by atoms with Crippen LogP contribution in [0.25, 0.3) is 5.65 Å². The number of imidazole rings is 1. The lowest BCUT2D eigenvalue weighted by Gasteiger charge is -2.07. The minimum atomic E-state index is -0.286. The minimum Gasteiger partial charge on any atom is -0.321 e. The molecular formula is C15H10Cl3N3O. The number of carbonyl (C=O) groups excluding carboxylic acids is 1. The normalized spacial score (nSPS) is 10.9. The van der Waals surface area contributed by atoms with Crippen LogP contribution in [0, 0.1) is 6.92 Å². The molecule has 22 heavy (non-hydrogen) atoms. The van der Waals surface area contributed by atoms with Gasteiger partial charge in [0.05, 0.1) is 15.7 Å². The topological polar surface area (TPSA) is 46.4 Å². The van der Waals surface area contributed by atoms with Crippen LogP contribution in [0.4, 0.5) is 5.69 Å². The van der Waals surface area contributed by atoms with Gasteiger partial charge in [-0.3, -0.25) is 9.20 Å². The van der Waals surface area contributed by atoms with Crippen molar-refractivity contribution in [1.29, 1.82) is 0 Å². The molecule has 3 aromatic rings. The van der Waals surface area contributed by atoms with Crippen LogP contribution in [0.15, 0.2) is 36.5 Å². The summed E-state index contributed by atoms with van der Waals surface area (Å²) in [6.45, 7) is 1.77. The lowest BCUT2D eigenvalue weighted by atomic mass is 10.3. The molecule has 0 aliphatic carbocycles. The van der Waals surface area contributed by atoms with Gasteiger partial charge in [0.25, 0.3) is 5.91 Å². The van der Waals surface area contributed by atoms with Gasteiger partial charge in [-0.15, -0.1) is 0 Å². The molecule has 0 spiro atoms. The molecule has 2 aromatic heterocycles. The van der Waals surface area contributed by atoms with E-state index in [2.05, 4.69) is 10.3 Å². The van der Waals surface area contributed by atoms with Gasteiger partial charge in [0.1, 0.15) is 11.3 Å². The highest BCUT2D eigenvalue weighted by Crippen LogP contribution is 2.25. The average Bonchev–Trinajstić information content (AvgIpc) is 2.78. The number of carbonyl (C=O) groups is 1. The van der Waals surface area contributed by atoms with Crippen LogP contribution >= 0.6 is 34.8 Å². The van der Waals surface area contributed by atoms with Gasteiger partial charge in [0.15, 0.2) is 0 Å². The first kappa shape index (κ1) is 15.2. The Kier molecular flexibility index (Phi) is 4.00. The Morgan fingerprint density at radius 2 is 1.91 bits per heavy atom. The van der Waals surface area contributed by atoms with Gasteiger partial charge in [0.2, 0.25) is 0 Å². The molecule has 7 heteroatoms. The van der Waals surface area contributed by atoms with Crippen LogP contribution in [0.5, 0.6) is 0 Å². The first-order chi connectivity index (χ1) is 10.5. The van der Waals surface area contributed by atoms with Crippen molar-refractivity contribution < 1.29 is 4.79 Å². The number of hydrogen-bond donors (Lipinski definition) is 1. The van der Waals surface area contributed by atoms with E-state index in [-0.39, 0.29) is 5.91 Å². The number of amides is 1. The smallest absolute Gasteiger partial charge is 0.274 e. The van der Waals surface area contributed by atoms with Crippen molar-refractivity contribution in [2.75, 3.05) is 5.32 Å². The summed E-state index contributed by atoms with van der Waals surface area (Å²) in [5, 5.41) is 4.15. The van der Waals surface area contributed by atoms with Gasteiger partial charge in [-0.05, 0) is 31.2 Å². The lowest BCUT2D eigenvalue weighted by molar-refractivity contribution is 0.102. The van der Waals surface area contributed by atoms with Crippen molar-refractivity contribution in [1.82, 2.24) is 9.38 Å². The van der Waals surface area contributed by atoms with E-state index in [1.54, 1.807) is 47.9 Å². The molecule has 0 fully saturated rings. The summed E-state index contributed by atoms with van der Waals surface area (Å²) in [5.74, 6) is -0.286. The predicted molar refractivity (Wildman–Crippen MR) is 89.4 cm³/mol. The second-order valence-corrected chi connectivity index (χ2v) is 5.95. The van der Waals surface area contributed by atoms with Crippen molar-refractivity contribution in [3.63, 3.8) is 0 Å². The Hall–Kier alpha value is -1.75. The summed E-state index contributed by atoms with van der Waals surface area (Å²) in [4.78, 5) is 16.8. The molecule has 1 aromatic carbocycles. The summed E-state index contributed by atoms with van der Waals surface area (Å²) in [7, 11) is 0. The third kappa shape index (κ3) is 2.77. The van der Waals surface area contributed by atoms with Crippen LogP contribution in [-0.4, -0.2) is 15.3 Å². The zero-order chi connectivity index (χ0) is 15.9. The number of hydrogen-bond acceptors (Lipinski definition) is 2. The van der Waals surface area contributed by atoms with E-state index in [9.17, 15) is 4.79 Å². The van der Waals surface area contributed by atoms with Crippen molar-refractivity contribution in [3.05, 3.63) is 63.0 Å². The van der Waals surface area contributed by atoms with Crippen molar-refractivity contribution in [3.8, 4) is 0 Å². The molecule has 0 bridgehead atoms. The maximum absolute atomic E-state index is 12.5. The number of anilines is 1. The van der Waals surface area contributed by atoms with E-state index in [0.29, 0.717) is 37.8 Å². The summed E-state index contributed by atoms with van der Waals surface area (Å²) in [6, 6.07) is 8.30. The summed E-state index contributed by atoms with van der Waals surface area (Å²) in [5.41, 5.74) is 2.23. The maximum Gasteiger partial charge on any atom is 0.274 e. The molecule has 0 atom stereocenters. The van der Waals surface area contributed by atoms with Crippen LogP contribution in [0.2, 0.25) is 15.1 Å². The number of nitrogens with one attached hydrogen (secondary N) is 1. The Labute approximate surface area is 141 Å². The average molecular weight is 355 g/mol. The number of nitrogens with zero attached hydrogens (tertiary/aromatic N) is 2. The molecule has 0 aliphatic heterocycles. The molecule has 112 valence electrons. The molecule has 3 rings (SSSR count). The zero-order valence-electron chi connectivity index (χ0n) is 11.4. The second kappa shape index (κ2) is 5.80. The quantitative estimate of drug-likeness (QED) is 0.714. The Morgan fingerprint density at radius 1 is 1.14 bits per heavy atom. The van der Waals surface area contributed by atoms with Crippen LogP contribution in [-0.2, 0) is 0 Å². The lowest BCUT2D eigenvalue weighted by Crippen LogP contribution is -2.15. The van der Waals surface area contributed by atoms with Gasteiger partial charge in [-0.2, -0.15) is 0 Å². The monoisotopic (exact) mass is 353 g/mol. The number of benzene rings is 1. The van der Waals surface area contributed by atoms with E-state index in [1.165, 1.54) is 0 Å². The number of pyridine rings is 1. The van der Waals surface area contributed by atoms with Crippen molar-refractivity contribution >= 4 is 52.0 Å². The maximum atomic E-state index is 12.5. The third-order valence-electron chi connectivity index (χ3n) is 3.16. The number of aromatic nitrogens is 2. The first-order valence-corrected chi connectivity index (χ1v) is 7.49. The van der Waals surface area contributed by atoms with Crippen molar-refractivity contribution in [2.24, 2.45) is 0 Å². The molecule has 0 radical (unpaired) electrons. The standard InChI is InChI=1S/C15H10Cl3N3O/c1-8-14(21-5-4-9(16)6-13(21)19-8)15(22)20-10-2-3-11(17)12(18)7-10/h2-7H,1H3,(H,20,22). The largest absolute Gasteiger partial charge is 0.321 e. The first-order valence-electron chi connectivity index (χ1n) is 6.36. The second-order valence-electron chi connectivity index (χ2n) is 4.70. The fraction of sp³-hybridized carbons (Fsp3) is 0.0667. The molecule has 4 nitrogen and oxygen atoms in total. The van der Waals surface area contributed by atoms with Crippen molar-refractivity contribution in [2.45, 2.75) is 6.92 Å². The molecular weight excluding hydrogens is 345 g/mol. The molecule has 0 unspecified atom stereocenters. The van der Waals surface area contributed by atoms with Gasteiger partial charge in [-0.25, -0.2) is 4.98 Å². The van der Waals surface area contributed by atoms with E-state index in [1.807, 2.05) is 0 Å². The van der Waals surface area contributed by atoms with Gasteiger partial charge in [-0.1, -0.05) is 34.8 Å². The molecule has 2 heterocycles. The third-order valence-corrected chi connectivity index (χ3v) is 4.13. The highest BCUT2D eigenvalue weighted by atomic mass is 35.5. The molecule has 0 aliphatic rings. The minimum absolute atomic E-state index is 0.286. The Morgan fingerprint density at radius 3 is 2.64 bits per heavy atom. The van der Waals surface area contributed by atoms with E-state index < -0.39 is 0 Å². The van der Waals surface area contributed by atoms with Crippen LogP contribution in [0.3, 0.4) is 0 Å². The summed E-state index contributed by atoms with van der Waals surface area (Å²) >= 11 is 17.8. The SMILES string of the molecule is Cc1nc2cc(Cl)ccn2c1C(=O)Nc1ccc(Cl)c(Cl)c1. The van der Waals surface area contributed by atoms with Gasteiger partial charge < -0.3 is 5.32 Å². The zero-order valence-corrected chi connectivity index (χ0v) is 13.7. The van der Waals surface area contributed by atoms with Crippen LogP contribution < -0.4 is 5.32 Å². The van der Waals surface area contributed by atoms with E-state index >= 15 is 0 Å². The highest BCUT2D eigenvalue weighted by Gasteiger charge is 2.17. The summed E-state index contributed by atoms with van der Waals surface area (Å²) in [6.07, 6.45) is 1.71. The fourth-order valence-corrected chi connectivity index (χ4v) is 2.63. The summed E-state index contributed by atoms with van der Waals surface area (Å²) < 4.78 is 1.69. The fourth-order valence-electron chi connectivity index (χ4n) is 2.18. The Balaban J connectivity index is 1.98. The number of rotatable bonds is 2. The van der Waals surface area contributed by atoms with E-state index in [0.717, 1.165) is 0 Å². The molecule has 1 N–H and O–H groups in total. The molecule has 0 saturated heterocycles. The number of halogens is 3. The predicted octanol–water partition coefficient (Wildman–Crippen LogP) is 4.86. The van der Waals surface area contributed by atoms with Gasteiger partial charge >= 0.3 is 0 Å². The number of aryl methyl sites for hydroxylation is 1. The number of fused-ring (bicyclic) bond motifs is 1. The highest BCUT2D eigenvalue weighted by molar-refractivity contribution is 6.42. The Bertz CT molecular complexity index is 889. The van der Waals surface area contributed by atoms with Crippen LogP contribution in [0.1, 0.15) is 16.2 Å². The van der Waals surface area contributed by atoms with E-state index in [4.69, 9.17) is 34.8 Å².